The first-order valence-electron chi connectivity index (χ1n) is 5.00. The van der Waals surface area contributed by atoms with Gasteiger partial charge in [0, 0.05) is 19.4 Å². The first-order chi connectivity index (χ1) is 8.45. The Morgan fingerprint density at radius 1 is 1.67 bits per heavy atom. The largest absolute Gasteiger partial charge is 0.465 e. The first-order valence-corrected chi connectivity index (χ1v) is 5.00. The number of carboxylic acid groups (broad SMARTS) is 1. The average molecular weight is 258 g/mol. The number of carbonyl (C=O) groups is 2. The minimum Gasteiger partial charge on any atom is -0.465 e. The van der Waals surface area contributed by atoms with Gasteiger partial charge in [0.15, 0.2) is 0 Å². The van der Waals surface area contributed by atoms with Gasteiger partial charge in [-0.2, -0.15) is 0 Å². The molecule has 0 saturated heterocycles. The van der Waals surface area contributed by atoms with Crippen LogP contribution in [-0.4, -0.2) is 51.9 Å². The van der Waals surface area contributed by atoms with Crippen LogP contribution in [0.25, 0.3) is 0 Å². The van der Waals surface area contributed by atoms with Crippen LogP contribution < -0.4 is 11.0 Å². The summed E-state index contributed by atoms with van der Waals surface area (Å²) < 4.78 is 1.18. The van der Waals surface area contributed by atoms with Crippen LogP contribution in [0.15, 0.2) is 17.2 Å². The van der Waals surface area contributed by atoms with Crippen molar-refractivity contribution in [2.75, 3.05) is 14.2 Å². The maximum absolute atomic E-state index is 11.8. The molecule has 1 unspecified atom stereocenters. The average Bonchev–Trinajstić information content (AvgIpc) is 2.71. The molecule has 1 rings (SSSR count). The van der Waals surface area contributed by atoms with Crippen molar-refractivity contribution in [1.82, 2.24) is 19.9 Å². The van der Waals surface area contributed by atoms with Crippen molar-refractivity contribution in [3.05, 3.63) is 22.9 Å². The van der Waals surface area contributed by atoms with Crippen molar-refractivity contribution < 1.29 is 19.5 Å². The standard InChI is InChI=1S/C9H14N4O5/c1-12(18-2)7(14)6(11-9(16)17)5-13-4-3-10-8(13)15/h3-4,6,11H,5H2,1-2H3,(H,10,15)(H,16,17). The highest BCUT2D eigenvalue weighted by Crippen LogP contribution is 1.96. The maximum Gasteiger partial charge on any atom is 0.405 e. The normalized spacial score (nSPS) is 11.9. The molecule has 2 amide bonds. The van der Waals surface area contributed by atoms with Gasteiger partial charge in [0.25, 0.3) is 5.91 Å². The van der Waals surface area contributed by atoms with E-state index < -0.39 is 23.7 Å². The van der Waals surface area contributed by atoms with Crippen LogP contribution >= 0.6 is 0 Å². The summed E-state index contributed by atoms with van der Waals surface area (Å²) in [6.45, 7) is -0.124. The summed E-state index contributed by atoms with van der Waals surface area (Å²) in [5, 5.41) is 11.6. The Balaban J connectivity index is 2.85. The SMILES string of the molecule is CON(C)C(=O)C(Cn1cc[nH]c1=O)NC(=O)O. The van der Waals surface area contributed by atoms with Gasteiger partial charge in [-0.15, -0.1) is 0 Å². The summed E-state index contributed by atoms with van der Waals surface area (Å²) >= 11 is 0. The van der Waals surface area contributed by atoms with Crippen molar-refractivity contribution in [2.45, 2.75) is 12.6 Å². The van der Waals surface area contributed by atoms with Crippen molar-refractivity contribution >= 4 is 12.0 Å². The molecule has 1 heterocycles. The molecule has 1 atom stereocenters. The first kappa shape index (κ1) is 13.8. The van der Waals surface area contributed by atoms with E-state index in [1.165, 1.54) is 31.1 Å². The second-order valence-corrected chi connectivity index (χ2v) is 3.44. The molecule has 100 valence electrons. The van der Waals surface area contributed by atoms with Gasteiger partial charge < -0.3 is 15.4 Å². The summed E-state index contributed by atoms with van der Waals surface area (Å²) in [5.74, 6) is -0.604. The monoisotopic (exact) mass is 258 g/mol. The van der Waals surface area contributed by atoms with Gasteiger partial charge in [-0.25, -0.2) is 14.7 Å². The molecule has 18 heavy (non-hydrogen) atoms. The highest BCUT2D eigenvalue weighted by molar-refractivity contribution is 5.84. The molecule has 0 fully saturated rings. The second kappa shape index (κ2) is 5.87. The lowest BCUT2D eigenvalue weighted by molar-refractivity contribution is -0.171. The van der Waals surface area contributed by atoms with Gasteiger partial charge in [0.05, 0.1) is 13.7 Å². The van der Waals surface area contributed by atoms with Crippen molar-refractivity contribution in [1.29, 1.82) is 0 Å². The van der Waals surface area contributed by atoms with E-state index in [1.807, 2.05) is 5.32 Å². The van der Waals surface area contributed by atoms with Crippen molar-refractivity contribution in [3.63, 3.8) is 0 Å². The van der Waals surface area contributed by atoms with Gasteiger partial charge in [-0.3, -0.25) is 14.2 Å². The fraction of sp³-hybridized carbons (Fsp3) is 0.444. The zero-order chi connectivity index (χ0) is 13.7. The molecule has 3 N–H and O–H groups in total. The predicted octanol–water partition coefficient (Wildman–Crippen LogP) is -1.17. The van der Waals surface area contributed by atoms with E-state index in [4.69, 9.17) is 5.11 Å². The molecule has 1 aromatic heterocycles. The number of carbonyl (C=O) groups excluding carboxylic acids is 1. The highest BCUT2D eigenvalue weighted by Gasteiger charge is 2.25. The number of nitrogens with one attached hydrogen (secondary N) is 2. The molecular formula is C9H14N4O5. The molecule has 0 aliphatic heterocycles. The number of hydrogen-bond donors (Lipinski definition) is 3. The van der Waals surface area contributed by atoms with Gasteiger partial charge in [-0.1, -0.05) is 0 Å². The quantitative estimate of drug-likeness (QED) is 0.575. The molecule has 0 saturated carbocycles. The van der Waals surface area contributed by atoms with Crippen molar-refractivity contribution in [3.8, 4) is 0 Å². The van der Waals surface area contributed by atoms with Gasteiger partial charge in [0.2, 0.25) is 0 Å². The molecule has 0 aliphatic carbocycles. The lowest BCUT2D eigenvalue weighted by Crippen LogP contribution is -2.49. The van der Waals surface area contributed by atoms with Crippen LogP contribution in [0.4, 0.5) is 4.79 Å². The van der Waals surface area contributed by atoms with Gasteiger partial charge >= 0.3 is 11.8 Å². The third-order valence-corrected chi connectivity index (χ3v) is 2.28. The Kier molecular flexibility index (Phi) is 4.49. The van der Waals surface area contributed by atoms with E-state index in [0.29, 0.717) is 0 Å². The lowest BCUT2D eigenvalue weighted by atomic mass is 10.2. The van der Waals surface area contributed by atoms with Crippen LogP contribution in [0.3, 0.4) is 0 Å². The van der Waals surface area contributed by atoms with Gasteiger partial charge in [0.1, 0.15) is 6.04 Å². The summed E-state index contributed by atoms with van der Waals surface area (Å²) in [7, 11) is 2.62. The topological polar surface area (TPSA) is 117 Å². The smallest absolute Gasteiger partial charge is 0.405 e. The molecule has 0 spiro atoms. The fourth-order valence-corrected chi connectivity index (χ4v) is 1.33. The number of rotatable bonds is 5. The molecule has 1 aromatic rings. The molecule has 0 radical (unpaired) electrons. The van der Waals surface area contributed by atoms with E-state index in [9.17, 15) is 14.4 Å². The third-order valence-electron chi connectivity index (χ3n) is 2.28. The molecule has 0 aliphatic rings. The van der Waals surface area contributed by atoms with Crippen LogP contribution in [0.1, 0.15) is 0 Å². The number of imidazole rings is 1. The molecular weight excluding hydrogens is 244 g/mol. The Morgan fingerprint density at radius 2 is 2.33 bits per heavy atom. The van der Waals surface area contributed by atoms with E-state index in [2.05, 4.69) is 9.82 Å². The number of likely N-dealkylation sites (N-methyl/N-ethyl adjacent to an activating group) is 1. The Labute approximate surface area is 102 Å². The number of hydrogen-bond acceptors (Lipinski definition) is 4. The van der Waals surface area contributed by atoms with Crippen LogP contribution in [0, 0.1) is 0 Å². The zero-order valence-electron chi connectivity index (χ0n) is 9.91. The fourth-order valence-electron chi connectivity index (χ4n) is 1.33. The molecule has 0 aromatic carbocycles. The minimum absolute atomic E-state index is 0.124. The number of nitrogens with zero attached hydrogens (tertiary/aromatic N) is 2. The van der Waals surface area contributed by atoms with Crippen LogP contribution in [0.5, 0.6) is 0 Å². The zero-order valence-corrected chi connectivity index (χ0v) is 9.91. The molecule has 9 nitrogen and oxygen atoms in total. The van der Waals surface area contributed by atoms with E-state index in [0.717, 1.165) is 5.06 Å². The Morgan fingerprint density at radius 3 is 2.78 bits per heavy atom. The number of aromatic amines is 1. The van der Waals surface area contributed by atoms with Crippen LogP contribution in [-0.2, 0) is 16.2 Å². The van der Waals surface area contributed by atoms with Gasteiger partial charge in [-0.05, 0) is 0 Å². The molecule has 0 bridgehead atoms. The predicted molar refractivity (Wildman–Crippen MR) is 59.8 cm³/mol. The maximum atomic E-state index is 11.8. The van der Waals surface area contributed by atoms with E-state index >= 15 is 0 Å². The second-order valence-electron chi connectivity index (χ2n) is 3.44. The van der Waals surface area contributed by atoms with Crippen LogP contribution in [0.2, 0.25) is 0 Å². The summed E-state index contributed by atoms with van der Waals surface area (Å²) in [4.78, 5) is 40.8. The van der Waals surface area contributed by atoms with E-state index in [1.54, 1.807) is 0 Å². The number of amides is 2. The number of H-pyrrole nitrogens is 1. The van der Waals surface area contributed by atoms with Crippen molar-refractivity contribution in [2.24, 2.45) is 0 Å². The molecule has 9 heteroatoms. The minimum atomic E-state index is -1.36. The Bertz CT molecular complexity index is 479. The van der Waals surface area contributed by atoms with E-state index in [-0.39, 0.29) is 6.54 Å². The highest BCUT2D eigenvalue weighted by atomic mass is 16.7. The third kappa shape index (κ3) is 3.35. The number of aromatic nitrogens is 2. The summed E-state index contributed by atoms with van der Waals surface area (Å²) in [6, 6.07) is -1.11. The lowest BCUT2D eigenvalue weighted by Gasteiger charge is -2.21. The Hall–Kier alpha value is -2.29. The number of hydroxylamine groups is 2. The summed E-state index contributed by atoms with van der Waals surface area (Å²) in [5.41, 5.74) is -0.431. The summed E-state index contributed by atoms with van der Waals surface area (Å²) in [6.07, 6.45) is 1.45.